The van der Waals surface area contributed by atoms with Crippen molar-refractivity contribution in [2.24, 2.45) is 0 Å². The zero-order valence-electron chi connectivity index (χ0n) is 13.1. The first-order valence-electron chi connectivity index (χ1n) is 7.68. The molecule has 0 amide bonds. The highest BCUT2D eigenvalue weighted by Gasteiger charge is 2.18. The molecular weight excluding hydrogens is 326 g/mol. The Kier molecular flexibility index (Phi) is 6.00. The lowest BCUT2D eigenvalue weighted by Gasteiger charge is -2.21. The van der Waals surface area contributed by atoms with Gasteiger partial charge in [0.2, 0.25) is 0 Å². The van der Waals surface area contributed by atoms with Gasteiger partial charge in [-0.25, -0.2) is 0 Å². The van der Waals surface area contributed by atoms with E-state index in [0.29, 0.717) is 0 Å². The number of aryl methyl sites for hydroxylation is 2. The van der Waals surface area contributed by atoms with Crippen LogP contribution >= 0.6 is 15.9 Å². The molecule has 1 heterocycles. The first-order valence-corrected chi connectivity index (χ1v) is 8.47. The molecule has 114 valence electrons. The summed E-state index contributed by atoms with van der Waals surface area (Å²) in [6.07, 6.45) is 4.11. The fourth-order valence-electron chi connectivity index (χ4n) is 2.52. The van der Waals surface area contributed by atoms with Crippen molar-refractivity contribution >= 4 is 15.9 Å². The zero-order chi connectivity index (χ0) is 15.2. The van der Waals surface area contributed by atoms with E-state index in [2.05, 4.69) is 76.1 Å². The zero-order valence-corrected chi connectivity index (χ0v) is 14.7. The Morgan fingerprint density at radius 3 is 2.71 bits per heavy atom. The average Bonchev–Trinajstić information content (AvgIpc) is 2.92. The lowest BCUT2D eigenvalue weighted by molar-refractivity contribution is 0.511. The van der Waals surface area contributed by atoms with Gasteiger partial charge in [0.05, 0.1) is 11.7 Å². The molecule has 1 aromatic carbocycles. The minimum atomic E-state index is 0.200. The third-order valence-electron chi connectivity index (χ3n) is 3.59. The molecule has 0 radical (unpaired) electrons. The predicted molar refractivity (Wildman–Crippen MR) is 91.5 cm³/mol. The lowest BCUT2D eigenvalue weighted by atomic mass is 10.0. The Hall–Kier alpha value is -1.13. The van der Waals surface area contributed by atoms with Crippen LogP contribution in [0.3, 0.4) is 0 Å². The van der Waals surface area contributed by atoms with Gasteiger partial charge in [0.25, 0.3) is 0 Å². The van der Waals surface area contributed by atoms with E-state index in [-0.39, 0.29) is 6.04 Å². The van der Waals surface area contributed by atoms with Gasteiger partial charge in [0.1, 0.15) is 0 Å². The van der Waals surface area contributed by atoms with Gasteiger partial charge in [-0.2, -0.15) is 5.10 Å². The van der Waals surface area contributed by atoms with Gasteiger partial charge in [-0.1, -0.05) is 41.9 Å². The monoisotopic (exact) mass is 349 g/mol. The fraction of sp³-hybridized carbons (Fsp3) is 0.471. The summed E-state index contributed by atoms with van der Waals surface area (Å²) >= 11 is 3.58. The van der Waals surface area contributed by atoms with Crippen LogP contribution in [0.15, 0.2) is 34.9 Å². The molecule has 2 rings (SSSR count). The summed E-state index contributed by atoms with van der Waals surface area (Å²) in [5.41, 5.74) is 3.80. The largest absolute Gasteiger partial charge is 0.305 e. The average molecular weight is 350 g/mol. The molecule has 0 saturated heterocycles. The molecular formula is C17H24BrN3. The Balaban J connectivity index is 2.37. The molecule has 1 aromatic heterocycles. The van der Waals surface area contributed by atoms with Gasteiger partial charge in [0, 0.05) is 17.2 Å². The fourth-order valence-corrected chi connectivity index (χ4v) is 2.76. The Morgan fingerprint density at radius 1 is 1.24 bits per heavy atom. The van der Waals surface area contributed by atoms with Crippen LogP contribution in [-0.4, -0.2) is 16.3 Å². The third kappa shape index (κ3) is 3.95. The van der Waals surface area contributed by atoms with Gasteiger partial charge < -0.3 is 5.32 Å². The highest BCUT2D eigenvalue weighted by Crippen LogP contribution is 2.26. The molecule has 2 aromatic rings. The molecule has 1 atom stereocenters. The summed E-state index contributed by atoms with van der Waals surface area (Å²) < 4.78 is 3.27. The summed E-state index contributed by atoms with van der Waals surface area (Å²) in [4.78, 5) is 0. The van der Waals surface area contributed by atoms with Gasteiger partial charge in [-0.3, -0.25) is 4.68 Å². The van der Waals surface area contributed by atoms with E-state index in [1.54, 1.807) is 0 Å². The van der Waals surface area contributed by atoms with Crippen molar-refractivity contribution in [1.82, 2.24) is 15.1 Å². The first-order chi connectivity index (χ1) is 10.2. The maximum absolute atomic E-state index is 4.47. The Labute approximate surface area is 135 Å². The number of hydrogen-bond acceptors (Lipinski definition) is 2. The Bertz CT molecular complexity index is 577. The van der Waals surface area contributed by atoms with E-state index in [1.165, 1.54) is 16.8 Å². The summed E-state index contributed by atoms with van der Waals surface area (Å²) in [5, 5.41) is 8.13. The molecule has 4 heteroatoms. The van der Waals surface area contributed by atoms with Gasteiger partial charge in [-0.15, -0.1) is 0 Å². The van der Waals surface area contributed by atoms with Crippen LogP contribution in [0.4, 0.5) is 0 Å². The van der Waals surface area contributed by atoms with Gasteiger partial charge in [0.15, 0.2) is 0 Å². The number of nitrogens with one attached hydrogen (secondary N) is 1. The van der Waals surface area contributed by atoms with Crippen LogP contribution < -0.4 is 5.32 Å². The van der Waals surface area contributed by atoms with E-state index in [1.807, 2.05) is 6.20 Å². The van der Waals surface area contributed by atoms with Crippen LogP contribution in [0.25, 0.3) is 0 Å². The number of nitrogens with zero attached hydrogens (tertiary/aromatic N) is 2. The van der Waals surface area contributed by atoms with Crippen molar-refractivity contribution in [2.75, 3.05) is 6.54 Å². The minimum Gasteiger partial charge on any atom is -0.305 e. The van der Waals surface area contributed by atoms with E-state index in [4.69, 9.17) is 0 Å². The van der Waals surface area contributed by atoms with Crippen molar-refractivity contribution in [2.45, 2.75) is 46.2 Å². The SMILES string of the molecule is CCCNC(c1ccc(Br)c(C)c1)c1ccnn1CCC. The lowest BCUT2D eigenvalue weighted by Crippen LogP contribution is -2.26. The van der Waals surface area contributed by atoms with Crippen LogP contribution in [0.2, 0.25) is 0 Å². The molecule has 0 saturated carbocycles. The van der Waals surface area contributed by atoms with Crippen molar-refractivity contribution in [3.05, 3.63) is 51.8 Å². The smallest absolute Gasteiger partial charge is 0.0748 e. The van der Waals surface area contributed by atoms with Crippen LogP contribution in [0.1, 0.15) is 49.6 Å². The van der Waals surface area contributed by atoms with Gasteiger partial charge >= 0.3 is 0 Å². The topological polar surface area (TPSA) is 29.9 Å². The summed E-state index contributed by atoms with van der Waals surface area (Å²) in [6, 6.07) is 8.89. The second-order valence-corrected chi connectivity index (χ2v) is 6.23. The van der Waals surface area contributed by atoms with E-state index < -0.39 is 0 Å². The van der Waals surface area contributed by atoms with Crippen LogP contribution in [0.5, 0.6) is 0 Å². The van der Waals surface area contributed by atoms with Crippen molar-refractivity contribution in [3.8, 4) is 0 Å². The molecule has 3 nitrogen and oxygen atoms in total. The molecule has 21 heavy (non-hydrogen) atoms. The molecule has 0 fully saturated rings. The molecule has 1 unspecified atom stereocenters. The maximum Gasteiger partial charge on any atom is 0.0748 e. The number of rotatable bonds is 7. The maximum atomic E-state index is 4.47. The third-order valence-corrected chi connectivity index (χ3v) is 4.48. The summed E-state index contributed by atoms with van der Waals surface area (Å²) in [5.74, 6) is 0. The van der Waals surface area contributed by atoms with Crippen LogP contribution in [-0.2, 0) is 6.54 Å². The molecule has 0 spiro atoms. The number of halogens is 1. The Morgan fingerprint density at radius 2 is 2.05 bits per heavy atom. The summed E-state index contributed by atoms with van der Waals surface area (Å²) in [6.45, 7) is 8.47. The first kappa shape index (κ1) is 16.2. The standard InChI is InChI=1S/C17H24BrN3/c1-4-9-19-17(14-6-7-15(18)13(3)12-14)16-8-10-20-21(16)11-5-2/h6-8,10,12,17,19H,4-5,9,11H2,1-3H3. The van der Waals surface area contributed by atoms with E-state index in [9.17, 15) is 0 Å². The predicted octanol–water partition coefficient (Wildman–Crippen LogP) is 4.45. The van der Waals surface area contributed by atoms with Crippen molar-refractivity contribution in [1.29, 1.82) is 0 Å². The number of hydrogen-bond donors (Lipinski definition) is 1. The normalized spacial score (nSPS) is 12.6. The molecule has 0 aliphatic rings. The molecule has 0 aliphatic carbocycles. The van der Waals surface area contributed by atoms with Crippen LogP contribution in [0, 0.1) is 6.92 Å². The second-order valence-electron chi connectivity index (χ2n) is 5.37. The number of benzene rings is 1. The van der Waals surface area contributed by atoms with E-state index >= 15 is 0 Å². The van der Waals surface area contributed by atoms with E-state index in [0.717, 1.165) is 30.4 Å². The van der Waals surface area contributed by atoms with Crippen molar-refractivity contribution < 1.29 is 0 Å². The minimum absolute atomic E-state index is 0.200. The number of aromatic nitrogens is 2. The molecule has 1 N–H and O–H groups in total. The molecule has 0 aliphatic heterocycles. The van der Waals surface area contributed by atoms with Gasteiger partial charge in [-0.05, 0) is 49.6 Å². The summed E-state index contributed by atoms with van der Waals surface area (Å²) in [7, 11) is 0. The molecule has 0 bridgehead atoms. The highest BCUT2D eigenvalue weighted by atomic mass is 79.9. The second kappa shape index (κ2) is 7.76. The highest BCUT2D eigenvalue weighted by molar-refractivity contribution is 9.10. The van der Waals surface area contributed by atoms with Crippen molar-refractivity contribution in [3.63, 3.8) is 0 Å². The quantitative estimate of drug-likeness (QED) is 0.799.